The quantitative estimate of drug-likeness (QED) is 0.801. The Labute approximate surface area is 98.8 Å². The number of thiazole rings is 1. The smallest absolute Gasteiger partial charge is 0.115 e. The Kier molecular flexibility index (Phi) is 3.10. The van der Waals surface area contributed by atoms with Gasteiger partial charge in [0.05, 0.1) is 6.04 Å². The lowest BCUT2D eigenvalue weighted by atomic mass is 10.1. The van der Waals surface area contributed by atoms with E-state index in [4.69, 9.17) is 0 Å². The molecule has 1 atom stereocenters. The van der Waals surface area contributed by atoms with E-state index in [1.807, 2.05) is 24.6 Å². The topological polar surface area (TPSA) is 45.1 Å². The van der Waals surface area contributed by atoms with Crippen molar-refractivity contribution in [3.63, 3.8) is 0 Å². The van der Waals surface area contributed by atoms with Crippen molar-refractivity contribution in [2.24, 2.45) is 0 Å². The van der Waals surface area contributed by atoms with E-state index in [2.05, 4.69) is 17.2 Å². The summed E-state index contributed by atoms with van der Waals surface area (Å²) in [7, 11) is 0. The van der Waals surface area contributed by atoms with Crippen LogP contribution in [0.2, 0.25) is 0 Å². The number of aryl methyl sites for hydroxylation is 1. The van der Waals surface area contributed by atoms with Gasteiger partial charge in [-0.2, -0.15) is 0 Å². The second-order valence-electron chi connectivity index (χ2n) is 3.74. The number of anilines is 1. The van der Waals surface area contributed by atoms with Crippen molar-refractivity contribution in [2.75, 3.05) is 5.32 Å². The highest BCUT2D eigenvalue weighted by atomic mass is 32.1. The summed E-state index contributed by atoms with van der Waals surface area (Å²) in [5.41, 5.74) is 2.06. The number of phenolic OH excluding ortho intramolecular Hbond substituents is 1. The van der Waals surface area contributed by atoms with Gasteiger partial charge in [-0.3, -0.25) is 0 Å². The van der Waals surface area contributed by atoms with Crippen LogP contribution in [0, 0.1) is 6.92 Å². The summed E-state index contributed by atoms with van der Waals surface area (Å²) >= 11 is 1.64. The van der Waals surface area contributed by atoms with Gasteiger partial charge in [0.2, 0.25) is 0 Å². The van der Waals surface area contributed by atoms with Crippen LogP contribution in [-0.2, 0) is 0 Å². The first-order valence-corrected chi connectivity index (χ1v) is 6.00. The van der Waals surface area contributed by atoms with Gasteiger partial charge >= 0.3 is 0 Å². The van der Waals surface area contributed by atoms with Crippen LogP contribution in [0.5, 0.6) is 5.75 Å². The fourth-order valence-corrected chi connectivity index (χ4v) is 2.20. The molecule has 0 spiro atoms. The molecule has 2 aromatic rings. The molecule has 0 aliphatic carbocycles. The molecule has 1 aromatic heterocycles. The van der Waals surface area contributed by atoms with E-state index in [9.17, 15) is 5.11 Å². The molecule has 0 bridgehead atoms. The van der Waals surface area contributed by atoms with E-state index in [1.54, 1.807) is 23.5 Å². The van der Waals surface area contributed by atoms with E-state index >= 15 is 0 Å². The molecular weight excluding hydrogens is 220 g/mol. The molecule has 1 heterocycles. The van der Waals surface area contributed by atoms with E-state index < -0.39 is 0 Å². The summed E-state index contributed by atoms with van der Waals surface area (Å²) in [4.78, 5) is 4.27. The van der Waals surface area contributed by atoms with Crippen LogP contribution < -0.4 is 5.32 Å². The van der Waals surface area contributed by atoms with Crippen LogP contribution in [0.25, 0.3) is 0 Å². The van der Waals surface area contributed by atoms with Gasteiger partial charge in [0.25, 0.3) is 0 Å². The zero-order chi connectivity index (χ0) is 11.5. The van der Waals surface area contributed by atoms with E-state index in [0.717, 1.165) is 16.3 Å². The van der Waals surface area contributed by atoms with E-state index in [-0.39, 0.29) is 6.04 Å². The number of phenols is 1. The summed E-state index contributed by atoms with van der Waals surface area (Å²) in [5, 5.41) is 15.7. The Morgan fingerprint density at radius 3 is 2.88 bits per heavy atom. The van der Waals surface area contributed by atoms with Gasteiger partial charge in [0.1, 0.15) is 10.8 Å². The van der Waals surface area contributed by atoms with Crippen molar-refractivity contribution in [3.05, 3.63) is 40.3 Å². The number of aromatic hydroxyl groups is 1. The third-order valence-electron chi connectivity index (χ3n) is 2.40. The number of nitrogens with one attached hydrogen (secondary N) is 1. The van der Waals surface area contributed by atoms with E-state index in [1.165, 1.54) is 0 Å². The number of nitrogens with zero attached hydrogens (tertiary/aromatic N) is 1. The summed E-state index contributed by atoms with van der Waals surface area (Å²) in [6.45, 7) is 4.04. The van der Waals surface area contributed by atoms with Crippen LogP contribution in [0.4, 0.5) is 5.69 Å². The minimum absolute atomic E-state index is 0.184. The monoisotopic (exact) mass is 234 g/mol. The van der Waals surface area contributed by atoms with Crippen molar-refractivity contribution in [3.8, 4) is 5.75 Å². The minimum Gasteiger partial charge on any atom is -0.508 e. The molecule has 0 saturated carbocycles. The first kappa shape index (κ1) is 11.0. The lowest BCUT2D eigenvalue weighted by Crippen LogP contribution is -2.07. The Balaban J connectivity index is 2.15. The fourth-order valence-electron chi connectivity index (χ4n) is 1.55. The average molecular weight is 234 g/mol. The molecule has 84 valence electrons. The Morgan fingerprint density at radius 2 is 2.25 bits per heavy atom. The highest BCUT2D eigenvalue weighted by Gasteiger charge is 2.09. The standard InChI is InChI=1S/C12H14N2OS/c1-8-7-10(15)3-4-11(8)14-9(2)12-13-5-6-16-12/h3-7,9,14-15H,1-2H3. The predicted molar refractivity (Wildman–Crippen MR) is 67.0 cm³/mol. The van der Waals surface area contributed by atoms with Crippen molar-refractivity contribution >= 4 is 17.0 Å². The normalized spacial score (nSPS) is 12.4. The molecule has 0 aliphatic rings. The molecule has 2 N–H and O–H groups in total. The summed E-state index contributed by atoms with van der Waals surface area (Å²) in [5.74, 6) is 0.296. The highest BCUT2D eigenvalue weighted by Crippen LogP contribution is 2.25. The maximum absolute atomic E-state index is 9.32. The second kappa shape index (κ2) is 4.53. The minimum atomic E-state index is 0.184. The lowest BCUT2D eigenvalue weighted by molar-refractivity contribution is 0.475. The van der Waals surface area contributed by atoms with Gasteiger partial charge in [0, 0.05) is 17.3 Å². The van der Waals surface area contributed by atoms with Crippen molar-refractivity contribution in [2.45, 2.75) is 19.9 Å². The zero-order valence-corrected chi connectivity index (χ0v) is 10.1. The Bertz CT molecular complexity index is 468. The van der Waals surface area contributed by atoms with Crippen LogP contribution in [0.3, 0.4) is 0 Å². The molecule has 2 rings (SSSR count). The lowest BCUT2D eigenvalue weighted by Gasteiger charge is -2.14. The van der Waals surface area contributed by atoms with Crippen molar-refractivity contribution in [1.29, 1.82) is 0 Å². The van der Waals surface area contributed by atoms with Gasteiger partial charge in [-0.25, -0.2) is 4.98 Å². The van der Waals surface area contributed by atoms with Gasteiger partial charge in [-0.15, -0.1) is 11.3 Å². The molecular formula is C12H14N2OS. The maximum atomic E-state index is 9.32. The van der Waals surface area contributed by atoms with Gasteiger partial charge < -0.3 is 10.4 Å². The molecule has 3 nitrogen and oxygen atoms in total. The largest absolute Gasteiger partial charge is 0.508 e. The van der Waals surface area contributed by atoms with Gasteiger partial charge in [0.15, 0.2) is 0 Å². The van der Waals surface area contributed by atoms with Crippen LogP contribution in [-0.4, -0.2) is 10.1 Å². The van der Waals surface area contributed by atoms with Crippen LogP contribution in [0.15, 0.2) is 29.8 Å². The predicted octanol–water partition coefficient (Wildman–Crippen LogP) is 3.33. The maximum Gasteiger partial charge on any atom is 0.115 e. The van der Waals surface area contributed by atoms with Crippen molar-refractivity contribution < 1.29 is 5.11 Å². The SMILES string of the molecule is Cc1cc(O)ccc1NC(C)c1nccs1. The summed E-state index contributed by atoms with van der Waals surface area (Å²) < 4.78 is 0. The third kappa shape index (κ3) is 2.33. The molecule has 0 radical (unpaired) electrons. The summed E-state index contributed by atoms with van der Waals surface area (Å²) in [6.07, 6.45) is 1.81. The number of rotatable bonds is 3. The molecule has 0 fully saturated rings. The van der Waals surface area contributed by atoms with Crippen LogP contribution in [0.1, 0.15) is 23.5 Å². The molecule has 0 saturated heterocycles. The fraction of sp³-hybridized carbons (Fsp3) is 0.250. The first-order chi connectivity index (χ1) is 7.66. The number of benzene rings is 1. The number of aromatic nitrogens is 1. The molecule has 1 unspecified atom stereocenters. The molecule has 0 amide bonds. The van der Waals surface area contributed by atoms with Crippen molar-refractivity contribution in [1.82, 2.24) is 4.98 Å². The zero-order valence-electron chi connectivity index (χ0n) is 9.27. The molecule has 4 heteroatoms. The second-order valence-corrected chi connectivity index (χ2v) is 4.66. The van der Waals surface area contributed by atoms with Crippen LogP contribution >= 0.6 is 11.3 Å². The molecule has 0 aliphatic heterocycles. The van der Waals surface area contributed by atoms with E-state index in [0.29, 0.717) is 5.75 Å². The Morgan fingerprint density at radius 1 is 1.44 bits per heavy atom. The highest BCUT2D eigenvalue weighted by molar-refractivity contribution is 7.09. The van der Waals surface area contributed by atoms with Gasteiger partial charge in [-0.1, -0.05) is 0 Å². The molecule has 16 heavy (non-hydrogen) atoms. The number of hydrogen-bond acceptors (Lipinski definition) is 4. The first-order valence-electron chi connectivity index (χ1n) is 5.12. The summed E-state index contributed by atoms with van der Waals surface area (Å²) in [6, 6.07) is 5.50. The average Bonchev–Trinajstić information content (AvgIpc) is 2.75. The molecule has 1 aromatic carbocycles. The Hall–Kier alpha value is -1.55. The van der Waals surface area contributed by atoms with Gasteiger partial charge in [-0.05, 0) is 37.6 Å². The number of hydrogen-bond donors (Lipinski definition) is 2. The third-order valence-corrected chi connectivity index (χ3v) is 3.36.